The number of rotatable bonds is 2. The van der Waals surface area contributed by atoms with Crippen LogP contribution >= 0.6 is 0 Å². The molecule has 1 N–H and O–H groups in total. The molecule has 1 aromatic rings. The number of aromatic nitrogens is 2. The van der Waals surface area contributed by atoms with Gasteiger partial charge in [0, 0.05) is 13.1 Å². The van der Waals surface area contributed by atoms with Crippen molar-refractivity contribution < 1.29 is 9.26 Å². The van der Waals surface area contributed by atoms with Crippen LogP contribution in [0.15, 0.2) is 4.52 Å². The fraction of sp³-hybridized carbons (Fsp3) is 0.818. The molecule has 0 aliphatic carbocycles. The van der Waals surface area contributed by atoms with Crippen molar-refractivity contribution in [2.45, 2.75) is 25.0 Å². The molecule has 6 heteroatoms. The van der Waals surface area contributed by atoms with Crippen molar-refractivity contribution >= 4 is 0 Å². The lowest BCUT2D eigenvalue weighted by atomic mass is 10.2. The Morgan fingerprint density at radius 3 is 3.18 bits per heavy atom. The molecule has 2 fully saturated rings. The molecule has 0 aromatic carbocycles. The summed E-state index contributed by atoms with van der Waals surface area (Å²) in [6, 6.07) is 0.234. The van der Waals surface area contributed by atoms with Gasteiger partial charge in [0.2, 0.25) is 11.7 Å². The largest absolute Gasteiger partial charge is 0.367 e. The lowest BCUT2D eigenvalue weighted by Gasteiger charge is -2.27. The first-order chi connectivity index (χ1) is 8.33. The van der Waals surface area contributed by atoms with Crippen LogP contribution in [-0.2, 0) is 4.74 Å². The third kappa shape index (κ3) is 2.34. The van der Waals surface area contributed by atoms with Gasteiger partial charge < -0.3 is 19.5 Å². The van der Waals surface area contributed by atoms with E-state index in [0.29, 0.717) is 11.7 Å². The molecule has 0 radical (unpaired) electrons. The van der Waals surface area contributed by atoms with Gasteiger partial charge in [-0.05, 0) is 26.4 Å². The van der Waals surface area contributed by atoms with Gasteiger partial charge >= 0.3 is 0 Å². The summed E-state index contributed by atoms with van der Waals surface area (Å²) in [4.78, 5) is 6.68. The summed E-state index contributed by atoms with van der Waals surface area (Å²) in [5.74, 6) is 1.38. The first kappa shape index (κ1) is 11.1. The first-order valence-electron chi connectivity index (χ1n) is 6.20. The minimum absolute atomic E-state index is 0.0485. The standard InChI is InChI=1S/C11H18N4O2/c1-15-5-6-16-9(7-15)10-13-11(17-14-10)8-3-2-4-12-8/h8-9,12H,2-7H2,1H3. The summed E-state index contributed by atoms with van der Waals surface area (Å²) in [5, 5.41) is 7.39. The van der Waals surface area contributed by atoms with Gasteiger partial charge in [-0.25, -0.2) is 0 Å². The van der Waals surface area contributed by atoms with Crippen LogP contribution in [0.4, 0.5) is 0 Å². The molecular formula is C11H18N4O2. The van der Waals surface area contributed by atoms with Crippen molar-refractivity contribution in [2.75, 3.05) is 33.3 Å². The van der Waals surface area contributed by atoms with Crippen molar-refractivity contribution in [1.29, 1.82) is 0 Å². The van der Waals surface area contributed by atoms with Crippen LogP contribution in [0.1, 0.15) is 36.7 Å². The van der Waals surface area contributed by atoms with E-state index in [1.54, 1.807) is 0 Å². The summed E-state index contributed by atoms with van der Waals surface area (Å²) in [6.07, 6.45) is 2.20. The van der Waals surface area contributed by atoms with Crippen LogP contribution in [0, 0.1) is 0 Å². The topological polar surface area (TPSA) is 63.4 Å². The molecule has 2 saturated heterocycles. The number of nitrogens with zero attached hydrogens (tertiary/aromatic N) is 3. The second-order valence-corrected chi connectivity index (χ2v) is 4.76. The number of hydrogen-bond donors (Lipinski definition) is 1. The van der Waals surface area contributed by atoms with Crippen LogP contribution in [0.3, 0.4) is 0 Å². The van der Waals surface area contributed by atoms with Crippen LogP contribution < -0.4 is 5.32 Å². The molecular weight excluding hydrogens is 220 g/mol. The van der Waals surface area contributed by atoms with E-state index < -0.39 is 0 Å². The van der Waals surface area contributed by atoms with Gasteiger partial charge in [-0.15, -0.1) is 0 Å². The average molecular weight is 238 g/mol. The Morgan fingerprint density at radius 2 is 2.41 bits per heavy atom. The zero-order valence-electron chi connectivity index (χ0n) is 10.1. The predicted molar refractivity (Wildman–Crippen MR) is 60.5 cm³/mol. The van der Waals surface area contributed by atoms with E-state index in [2.05, 4.69) is 27.4 Å². The molecule has 2 unspecified atom stereocenters. The Labute approximate surface area is 100 Å². The van der Waals surface area contributed by atoms with E-state index in [1.807, 2.05) is 0 Å². The van der Waals surface area contributed by atoms with Crippen LogP contribution in [0.25, 0.3) is 0 Å². The zero-order chi connectivity index (χ0) is 11.7. The molecule has 3 rings (SSSR count). The van der Waals surface area contributed by atoms with Crippen LogP contribution in [0.5, 0.6) is 0 Å². The summed E-state index contributed by atoms with van der Waals surface area (Å²) >= 11 is 0. The van der Waals surface area contributed by atoms with E-state index in [4.69, 9.17) is 9.26 Å². The Morgan fingerprint density at radius 1 is 1.47 bits per heavy atom. The molecule has 0 saturated carbocycles. The summed E-state index contributed by atoms with van der Waals surface area (Å²) in [5.41, 5.74) is 0. The van der Waals surface area contributed by atoms with Gasteiger partial charge in [-0.2, -0.15) is 4.98 Å². The molecule has 0 bridgehead atoms. The predicted octanol–water partition coefficient (Wildman–Crippen LogP) is 0.497. The van der Waals surface area contributed by atoms with E-state index >= 15 is 0 Å². The summed E-state index contributed by atoms with van der Waals surface area (Å²) in [6.45, 7) is 3.56. The zero-order valence-corrected chi connectivity index (χ0v) is 10.1. The third-order valence-corrected chi connectivity index (χ3v) is 3.37. The minimum Gasteiger partial charge on any atom is -0.367 e. The fourth-order valence-electron chi connectivity index (χ4n) is 2.35. The van der Waals surface area contributed by atoms with E-state index in [-0.39, 0.29) is 12.1 Å². The van der Waals surface area contributed by atoms with Crippen molar-refractivity contribution in [3.63, 3.8) is 0 Å². The van der Waals surface area contributed by atoms with Gasteiger partial charge in [0.05, 0.1) is 12.6 Å². The molecule has 1 aromatic heterocycles. The molecule has 6 nitrogen and oxygen atoms in total. The highest BCUT2D eigenvalue weighted by molar-refractivity contribution is 4.99. The molecule has 0 amide bonds. The Balaban J connectivity index is 1.70. The molecule has 2 aliphatic rings. The highest BCUT2D eigenvalue weighted by Gasteiger charge is 2.27. The maximum atomic E-state index is 5.66. The smallest absolute Gasteiger partial charge is 0.243 e. The first-order valence-corrected chi connectivity index (χ1v) is 6.20. The van der Waals surface area contributed by atoms with Crippen molar-refractivity contribution in [3.05, 3.63) is 11.7 Å². The van der Waals surface area contributed by atoms with Gasteiger partial charge in [-0.1, -0.05) is 5.16 Å². The van der Waals surface area contributed by atoms with E-state index in [9.17, 15) is 0 Å². The van der Waals surface area contributed by atoms with E-state index in [0.717, 1.165) is 32.7 Å². The SMILES string of the molecule is CN1CCOC(c2noc(C3CCCN3)n2)C1. The van der Waals surface area contributed by atoms with Crippen molar-refractivity contribution in [3.8, 4) is 0 Å². The van der Waals surface area contributed by atoms with Crippen molar-refractivity contribution in [2.24, 2.45) is 0 Å². The lowest BCUT2D eigenvalue weighted by molar-refractivity contribution is -0.0264. The average Bonchev–Trinajstić information content (AvgIpc) is 3.00. The summed E-state index contributed by atoms with van der Waals surface area (Å²) < 4.78 is 11.0. The lowest BCUT2D eigenvalue weighted by Crippen LogP contribution is -2.35. The minimum atomic E-state index is -0.0485. The Hall–Kier alpha value is -0.980. The maximum absolute atomic E-state index is 5.66. The maximum Gasteiger partial charge on any atom is 0.243 e. The molecule has 3 heterocycles. The number of likely N-dealkylation sites (N-methyl/N-ethyl adjacent to an activating group) is 1. The van der Waals surface area contributed by atoms with Gasteiger partial charge in [0.1, 0.15) is 6.10 Å². The Bertz CT molecular complexity index is 375. The molecule has 17 heavy (non-hydrogen) atoms. The second-order valence-electron chi connectivity index (χ2n) is 4.76. The fourth-order valence-corrected chi connectivity index (χ4v) is 2.35. The normalized spacial score (nSPS) is 30.9. The highest BCUT2D eigenvalue weighted by atomic mass is 16.5. The second kappa shape index (κ2) is 4.72. The third-order valence-electron chi connectivity index (χ3n) is 3.37. The monoisotopic (exact) mass is 238 g/mol. The molecule has 2 atom stereocenters. The van der Waals surface area contributed by atoms with Crippen molar-refractivity contribution in [1.82, 2.24) is 20.4 Å². The molecule has 0 spiro atoms. The van der Waals surface area contributed by atoms with Crippen LogP contribution in [0.2, 0.25) is 0 Å². The number of hydrogen-bond acceptors (Lipinski definition) is 6. The number of morpholine rings is 1. The van der Waals surface area contributed by atoms with Gasteiger partial charge in [0.25, 0.3) is 0 Å². The quantitative estimate of drug-likeness (QED) is 0.809. The van der Waals surface area contributed by atoms with E-state index in [1.165, 1.54) is 6.42 Å². The Kier molecular flexibility index (Phi) is 3.09. The summed E-state index contributed by atoms with van der Waals surface area (Å²) in [7, 11) is 2.08. The van der Waals surface area contributed by atoms with Gasteiger partial charge in [-0.3, -0.25) is 0 Å². The number of ether oxygens (including phenoxy) is 1. The molecule has 94 valence electrons. The van der Waals surface area contributed by atoms with Gasteiger partial charge in [0.15, 0.2) is 0 Å². The number of nitrogens with one attached hydrogen (secondary N) is 1. The molecule has 2 aliphatic heterocycles. The van der Waals surface area contributed by atoms with Crippen LogP contribution in [-0.4, -0.2) is 48.3 Å². The highest BCUT2D eigenvalue weighted by Crippen LogP contribution is 2.24.